The number of benzene rings is 10. The van der Waals surface area contributed by atoms with Crippen LogP contribution in [0.2, 0.25) is 0 Å². The lowest BCUT2D eigenvalue weighted by atomic mass is 10.0. The average Bonchev–Trinajstić information content (AvgIpc) is 4.08. The molecule has 14 rings (SSSR count). The Kier molecular flexibility index (Phi) is 9.19. The van der Waals surface area contributed by atoms with Gasteiger partial charge >= 0.3 is 0 Å². The lowest BCUT2D eigenvalue weighted by Crippen LogP contribution is -2.75. The fourth-order valence-corrected chi connectivity index (χ4v) is 16.8. The zero-order valence-corrected chi connectivity index (χ0v) is 39.2. The molecule has 0 N–H and O–H groups in total. The standard InChI is InChI=1S/C65H44N4Si/c1-4-21-47(22-5-1)70(48-23-6-2-7-24-48,49-25-8-3-9-26-49)63-38-20-37-62(65(63)45-39-42-64(66-44-45)69-59-35-18-12-29-52(59)53-30-13-19-36-60(53)69)68-58-34-17-14-31-54(58)55-43-46(40-41-61(55)68)67-56-32-15-10-27-50(56)51-28-11-16-33-57(51)67/h1-44H. The minimum absolute atomic E-state index is 0.882. The molecule has 4 heterocycles. The second-order valence-electron chi connectivity index (χ2n) is 18.2. The van der Waals surface area contributed by atoms with Crippen molar-refractivity contribution in [3.8, 4) is 28.3 Å². The van der Waals surface area contributed by atoms with Gasteiger partial charge < -0.3 is 9.13 Å². The monoisotopic (exact) mass is 908 g/mol. The van der Waals surface area contributed by atoms with Crippen LogP contribution < -0.4 is 20.7 Å². The van der Waals surface area contributed by atoms with Gasteiger partial charge in [0.15, 0.2) is 8.07 Å². The van der Waals surface area contributed by atoms with E-state index in [-0.39, 0.29) is 0 Å². The van der Waals surface area contributed by atoms with Crippen LogP contribution in [0.4, 0.5) is 0 Å². The number of hydrogen-bond donors (Lipinski definition) is 0. The van der Waals surface area contributed by atoms with Crippen LogP contribution in [0.25, 0.3) is 93.7 Å². The first-order valence-electron chi connectivity index (χ1n) is 24.0. The van der Waals surface area contributed by atoms with Crippen molar-refractivity contribution in [3.05, 3.63) is 267 Å². The number of hydrogen-bond acceptors (Lipinski definition) is 1. The third kappa shape index (κ3) is 5.92. The maximum atomic E-state index is 5.44. The third-order valence-electron chi connectivity index (χ3n) is 14.6. The minimum atomic E-state index is -3.09. The summed E-state index contributed by atoms with van der Waals surface area (Å²) in [5.74, 6) is 0.882. The Labute approximate surface area is 406 Å². The molecule has 0 radical (unpaired) electrons. The summed E-state index contributed by atoms with van der Waals surface area (Å²) in [5.41, 5.74) is 11.4. The lowest BCUT2D eigenvalue weighted by Gasteiger charge is -2.36. The maximum Gasteiger partial charge on any atom is 0.180 e. The van der Waals surface area contributed by atoms with Crippen molar-refractivity contribution in [1.82, 2.24) is 18.7 Å². The molecule has 14 aromatic rings. The van der Waals surface area contributed by atoms with Crippen LogP contribution in [0.15, 0.2) is 267 Å². The van der Waals surface area contributed by atoms with Crippen LogP contribution in [0.1, 0.15) is 0 Å². The van der Waals surface area contributed by atoms with Gasteiger partial charge in [-0.05, 0) is 87.5 Å². The normalized spacial score (nSPS) is 12.0. The molecule has 0 bridgehead atoms. The molecular weight excluding hydrogens is 865 g/mol. The van der Waals surface area contributed by atoms with Gasteiger partial charge in [-0.1, -0.05) is 194 Å². The molecule has 0 fully saturated rings. The molecule has 0 saturated heterocycles. The first-order chi connectivity index (χ1) is 34.8. The van der Waals surface area contributed by atoms with Crippen molar-refractivity contribution in [3.63, 3.8) is 0 Å². The van der Waals surface area contributed by atoms with Crippen molar-refractivity contribution in [2.45, 2.75) is 0 Å². The molecule has 0 aliphatic carbocycles. The van der Waals surface area contributed by atoms with Gasteiger partial charge in [-0.15, -0.1) is 0 Å². The van der Waals surface area contributed by atoms with Gasteiger partial charge in [0, 0.05) is 55.3 Å². The average molecular weight is 909 g/mol. The molecule has 0 spiro atoms. The van der Waals surface area contributed by atoms with Crippen LogP contribution in [-0.4, -0.2) is 26.8 Å². The van der Waals surface area contributed by atoms with E-state index in [0.29, 0.717) is 0 Å². The predicted octanol–water partition coefficient (Wildman–Crippen LogP) is 13.4. The topological polar surface area (TPSA) is 27.7 Å². The Bertz CT molecular complexity index is 4080. The number of aromatic nitrogens is 4. The quantitative estimate of drug-likeness (QED) is 0.110. The van der Waals surface area contributed by atoms with Crippen LogP contribution in [0.3, 0.4) is 0 Å². The first-order valence-corrected chi connectivity index (χ1v) is 26.0. The smallest absolute Gasteiger partial charge is 0.180 e. The molecular formula is C65H44N4Si. The molecule has 0 saturated carbocycles. The molecule has 4 aromatic heterocycles. The van der Waals surface area contributed by atoms with E-state index in [1.54, 1.807) is 0 Å². The van der Waals surface area contributed by atoms with Gasteiger partial charge in [-0.25, -0.2) is 4.98 Å². The Hall–Kier alpha value is -9.03. The molecule has 5 heteroatoms. The van der Waals surface area contributed by atoms with E-state index in [1.807, 2.05) is 0 Å². The number of fused-ring (bicyclic) bond motifs is 9. The summed E-state index contributed by atoms with van der Waals surface area (Å²) in [6.07, 6.45) is 2.12. The van der Waals surface area contributed by atoms with Gasteiger partial charge in [0.1, 0.15) is 5.82 Å². The Morgan fingerprint density at radius 1 is 0.300 bits per heavy atom. The second kappa shape index (κ2) is 16.1. The van der Waals surface area contributed by atoms with E-state index in [1.165, 1.54) is 69.7 Å². The van der Waals surface area contributed by atoms with Crippen molar-refractivity contribution in [2.75, 3.05) is 0 Å². The lowest BCUT2D eigenvalue weighted by molar-refractivity contribution is 1.08. The van der Waals surface area contributed by atoms with Gasteiger partial charge in [-0.3, -0.25) is 4.57 Å². The zero-order valence-electron chi connectivity index (χ0n) is 38.2. The summed E-state index contributed by atoms with van der Waals surface area (Å²) in [6.45, 7) is 0. The molecule has 4 nitrogen and oxygen atoms in total. The van der Waals surface area contributed by atoms with Gasteiger partial charge in [0.05, 0.1) is 38.8 Å². The van der Waals surface area contributed by atoms with E-state index in [4.69, 9.17) is 4.98 Å². The van der Waals surface area contributed by atoms with E-state index in [2.05, 4.69) is 281 Å². The largest absolute Gasteiger partial charge is 0.309 e. The highest BCUT2D eigenvalue weighted by molar-refractivity contribution is 7.20. The number of nitrogens with zero attached hydrogens (tertiary/aromatic N) is 4. The number of para-hydroxylation sites is 5. The summed E-state index contributed by atoms with van der Waals surface area (Å²) in [4.78, 5) is 5.44. The summed E-state index contributed by atoms with van der Waals surface area (Å²) in [5, 5.41) is 12.6. The molecule has 0 aliphatic heterocycles. The Morgan fingerprint density at radius 3 is 1.19 bits per heavy atom. The Balaban J connectivity index is 1.08. The maximum absolute atomic E-state index is 5.44. The molecule has 0 atom stereocenters. The van der Waals surface area contributed by atoms with Crippen LogP contribution in [0.5, 0.6) is 0 Å². The minimum Gasteiger partial charge on any atom is -0.309 e. The van der Waals surface area contributed by atoms with Crippen molar-refractivity contribution < 1.29 is 0 Å². The van der Waals surface area contributed by atoms with Crippen LogP contribution >= 0.6 is 0 Å². The second-order valence-corrected chi connectivity index (χ2v) is 22.0. The third-order valence-corrected chi connectivity index (χ3v) is 19.5. The highest BCUT2D eigenvalue weighted by atomic mass is 28.3. The van der Waals surface area contributed by atoms with Gasteiger partial charge in [-0.2, -0.15) is 0 Å². The van der Waals surface area contributed by atoms with Gasteiger partial charge in [0.2, 0.25) is 0 Å². The summed E-state index contributed by atoms with van der Waals surface area (Å²) >= 11 is 0. The molecule has 0 unspecified atom stereocenters. The summed E-state index contributed by atoms with van der Waals surface area (Å²) in [6, 6.07) is 96.1. The molecule has 10 aromatic carbocycles. The van der Waals surface area contributed by atoms with E-state index >= 15 is 0 Å². The molecule has 70 heavy (non-hydrogen) atoms. The van der Waals surface area contributed by atoms with E-state index < -0.39 is 8.07 Å². The van der Waals surface area contributed by atoms with Gasteiger partial charge in [0.25, 0.3) is 0 Å². The fraction of sp³-hybridized carbons (Fsp3) is 0. The fourth-order valence-electron chi connectivity index (χ4n) is 11.8. The molecule has 0 aliphatic rings. The summed E-state index contributed by atoms with van der Waals surface area (Å²) < 4.78 is 7.24. The molecule has 328 valence electrons. The van der Waals surface area contributed by atoms with Crippen LogP contribution in [0, 0.1) is 0 Å². The summed E-state index contributed by atoms with van der Waals surface area (Å²) in [7, 11) is -3.09. The molecule has 0 amide bonds. The highest BCUT2D eigenvalue weighted by Gasteiger charge is 2.44. The predicted molar refractivity (Wildman–Crippen MR) is 296 cm³/mol. The van der Waals surface area contributed by atoms with Crippen LogP contribution in [-0.2, 0) is 0 Å². The zero-order chi connectivity index (χ0) is 46.2. The van der Waals surface area contributed by atoms with E-state index in [0.717, 1.165) is 44.8 Å². The first kappa shape index (κ1) is 40.1. The SMILES string of the molecule is c1ccc([Si](c2ccccc2)(c2ccccc2)c2cccc(-n3c4ccccc4c4cc(-n5c6ccccc6c6ccccc65)ccc43)c2-c2ccc(-n3c4ccccc4c4ccccc43)nc2)cc1. The van der Waals surface area contributed by atoms with E-state index in [9.17, 15) is 0 Å². The van der Waals surface area contributed by atoms with Crippen molar-refractivity contribution >= 4 is 94.2 Å². The van der Waals surface area contributed by atoms with Crippen molar-refractivity contribution in [1.29, 1.82) is 0 Å². The number of pyridine rings is 1. The van der Waals surface area contributed by atoms with Crippen molar-refractivity contribution in [2.24, 2.45) is 0 Å². The highest BCUT2D eigenvalue weighted by Crippen LogP contribution is 2.40. The Morgan fingerprint density at radius 2 is 0.714 bits per heavy atom. The number of rotatable bonds is 8.